The molecule has 0 unspecified atom stereocenters. The highest BCUT2D eigenvalue weighted by Crippen LogP contribution is 2.11. The van der Waals surface area contributed by atoms with Crippen molar-refractivity contribution in [1.82, 2.24) is 9.66 Å². The first-order valence-corrected chi connectivity index (χ1v) is 6.12. The molecule has 6 nitrogen and oxygen atoms in total. The first kappa shape index (κ1) is 13.2. The number of carbonyl (C=O) groups excluding carboxylic acids is 1. The van der Waals surface area contributed by atoms with Crippen molar-refractivity contribution in [1.29, 1.82) is 0 Å². The van der Waals surface area contributed by atoms with E-state index in [0.29, 0.717) is 17.6 Å². The number of amides is 1. The van der Waals surface area contributed by atoms with Gasteiger partial charge in [-0.2, -0.15) is 4.68 Å². The molecule has 0 bridgehead atoms. The zero-order valence-corrected chi connectivity index (χ0v) is 11.2. The van der Waals surface area contributed by atoms with Gasteiger partial charge in [0.15, 0.2) is 0 Å². The average molecular weight is 263 g/mol. The first-order chi connectivity index (χ1) is 8.97. The van der Waals surface area contributed by atoms with Gasteiger partial charge in [-0.15, -0.1) is 0 Å². The number of fused-ring (bicyclic) bond motifs is 1. The maximum atomic E-state index is 11.8. The third-order valence-electron chi connectivity index (χ3n) is 2.59. The molecule has 0 aliphatic heterocycles. The fourth-order valence-electron chi connectivity index (χ4n) is 1.69. The quantitative estimate of drug-likeness (QED) is 0.889. The Balaban J connectivity index is 2.25. The van der Waals surface area contributed by atoms with Crippen molar-refractivity contribution in [2.45, 2.75) is 20.8 Å². The highest BCUT2D eigenvalue weighted by atomic mass is 16.6. The van der Waals surface area contributed by atoms with Gasteiger partial charge < -0.3 is 9.72 Å². The van der Waals surface area contributed by atoms with E-state index in [-0.39, 0.29) is 5.92 Å². The molecular formula is C13H17N3O3. The normalized spacial score (nSPS) is 10.9. The fraction of sp³-hybridized carbons (Fsp3) is 0.385. The summed E-state index contributed by atoms with van der Waals surface area (Å²) in [5, 5.41) is 0. The molecule has 2 rings (SSSR count). The van der Waals surface area contributed by atoms with Gasteiger partial charge in [0, 0.05) is 0 Å². The van der Waals surface area contributed by atoms with Gasteiger partial charge in [-0.3, -0.25) is 0 Å². The molecule has 0 saturated carbocycles. The molecular weight excluding hydrogens is 246 g/mol. The number of nitrogens with zero attached hydrogens (tertiary/aromatic N) is 1. The number of aryl methyl sites for hydroxylation is 1. The van der Waals surface area contributed by atoms with Gasteiger partial charge in [-0.1, -0.05) is 19.9 Å². The monoisotopic (exact) mass is 263 g/mol. The second kappa shape index (κ2) is 5.17. The minimum absolute atomic E-state index is 0.243. The van der Waals surface area contributed by atoms with E-state index < -0.39 is 11.8 Å². The SMILES string of the molecule is Cc1ccc2[nH]c(=O)n(NC(=O)OCC(C)C)c2c1. The van der Waals surface area contributed by atoms with Crippen LogP contribution < -0.4 is 11.1 Å². The van der Waals surface area contributed by atoms with Crippen LogP contribution in [0.4, 0.5) is 4.79 Å². The van der Waals surface area contributed by atoms with Crippen LogP contribution >= 0.6 is 0 Å². The molecule has 1 aromatic carbocycles. The second-order valence-electron chi connectivity index (χ2n) is 4.89. The number of imidazole rings is 1. The summed E-state index contributed by atoms with van der Waals surface area (Å²) in [6, 6.07) is 5.50. The van der Waals surface area contributed by atoms with Crippen LogP contribution in [-0.2, 0) is 4.74 Å². The predicted octanol–water partition coefficient (Wildman–Crippen LogP) is 1.97. The number of benzene rings is 1. The van der Waals surface area contributed by atoms with E-state index in [4.69, 9.17) is 4.74 Å². The van der Waals surface area contributed by atoms with E-state index in [1.807, 2.05) is 32.9 Å². The summed E-state index contributed by atoms with van der Waals surface area (Å²) in [4.78, 5) is 26.0. The molecule has 2 N–H and O–H groups in total. The van der Waals surface area contributed by atoms with Crippen molar-refractivity contribution in [3.8, 4) is 0 Å². The summed E-state index contributed by atoms with van der Waals surface area (Å²) in [6.45, 7) is 6.10. The first-order valence-electron chi connectivity index (χ1n) is 6.12. The lowest BCUT2D eigenvalue weighted by molar-refractivity contribution is 0.144. The lowest BCUT2D eigenvalue weighted by Crippen LogP contribution is -2.32. The number of aromatic nitrogens is 2. The molecule has 19 heavy (non-hydrogen) atoms. The molecule has 0 spiro atoms. The minimum atomic E-state index is -0.641. The van der Waals surface area contributed by atoms with Crippen molar-refractivity contribution in [3.05, 3.63) is 34.2 Å². The molecule has 0 fully saturated rings. The Morgan fingerprint density at radius 1 is 1.47 bits per heavy atom. The second-order valence-corrected chi connectivity index (χ2v) is 4.89. The Kier molecular flexibility index (Phi) is 3.59. The number of nitrogens with one attached hydrogen (secondary N) is 2. The van der Waals surface area contributed by atoms with Gasteiger partial charge in [0.25, 0.3) is 0 Å². The zero-order valence-electron chi connectivity index (χ0n) is 11.2. The number of carbonyl (C=O) groups is 1. The summed E-state index contributed by atoms with van der Waals surface area (Å²) in [6.07, 6.45) is -0.641. The van der Waals surface area contributed by atoms with Crippen molar-refractivity contribution in [2.24, 2.45) is 5.92 Å². The van der Waals surface area contributed by atoms with Crippen LogP contribution in [-0.4, -0.2) is 22.4 Å². The summed E-state index contributed by atoms with van der Waals surface area (Å²) in [5.74, 6) is 0.243. The lowest BCUT2D eigenvalue weighted by atomic mass is 10.2. The van der Waals surface area contributed by atoms with E-state index in [2.05, 4.69) is 10.4 Å². The standard InChI is InChI=1S/C13H17N3O3/c1-8(2)7-19-13(18)15-16-11-6-9(3)4-5-10(11)14-12(16)17/h4-6,8H,7H2,1-3H3,(H,14,17)(H,15,18). The van der Waals surface area contributed by atoms with Crippen LogP contribution in [0.1, 0.15) is 19.4 Å². The Hall–Kier alpha value is -2.24. The van der Waals surface area contributed by atoms with Crippen molar-refractivity contribution < 1.29 is 9.53 Å². The zero-order chi connectivity index (χ0) is 14.0. The Morgan fingerprint density at radius 3 is 2.89 bits per heavy atom. The van der Waals surface area contributed by atoms with Crippen LogP contribution in [0.2, 0.25) is 0 Å². The van der Waals surface area contributed by atoms with Gasteiger partial charge >= 0.3 is 11.8 Å². The third-order valence-corrected chi connectivity index (χ3v) is 2.59. The number of ether oxygens (including phenoxy) is 1. The summed E-state index contributed by atoms with van der Waals surface area (Å²) in [5.41, 5.74) is 4.31. The fourth-order valence-corrected chi connectivity index (χ4v) is 1.69. The summed E-state index contributed by atoms with van der Waals surface area (Å²) >= 11 is 0. The molecule has 0 aliphatic rings. The predicted molar refractivity (Wildman–Crippen MR) is 72.8 cm³/mol. The maximum absolute atomic E-state index is 11.8. The van der Waals surface area contributed by atoms with Crippen LogP contribution in [0.5, 0.6) is 0 Å². The molecule has 0 atom stereocenters. The number of H-pyrrole nitrogens is 1. The van der Waals surface area contributed by atoms with Crippen LogP contribution in [0, 0.1) is 12.8 Å². The lowest BCUT2D eigenvalue weighted by Gasteiger charge is -2.09. The minimum Gasteiger partial charge on any atom is -0.448 e. The molecule has 0 radical (unpaired) electrons. The van der Waals surface area contributed by atoms with Gasteiger partial charge in [0.05, 0.1) is 17.6 Å². The van der Waals surface area contributed by atoms with Crippen LogP contribution in [0.3, 0.4) is 0 Å². The highest BCUT2D eigenvalue weighted by Gasteiger charge is 2.11. The smallest absolute Gasteiger partial charge is 0.426 e. The number of rotatable bonds is 3. The van der Waals surface area contributed by atoms with Crippen molar-refractivity contribution in [2.75, 3.05) is 12.0 Å². The number of hydrogen-bond donors (Lipinski definition) is 2. The summed E-state index contributed by atoms with van der Waals surface area (Å²) < 4.78 is 6.14. The molecule has 1 amide bonds. The maximum Gasteiger partial charge on any atom is 0.426 e. The van der Waals surface area contributed by atoms with E-state index >= 15 is 0 Å². The molecule has 6 heteroatoms. The number of aromatic amines is 1. The molecule has 2 aromatic rings. The van der Waals surface area contributed by atoms with E-state index in [1.165, 1.54) is 0 Å². The Labute approximate surface area is 110 Å². The van der Waals surface area contributed by atoms with Gasteiger partial charge in [-0.25, -0.2) is 15.0 Å². The largest absolute Gasteiger partial charge is 0.448 e. The third kappa shape index (κ3) is 2.96. The molecule has 0 saturated heterocycles. The van der Waals surface area contributed by atoms with Crippen LogP contribution in [0.25, 0.3) is 11.0 Å². The molecule has 1 aromatic heterocycles. The van der Waals surface area contributed by atoms with Gasteiger partial charge in [-0.05, 0) is 30.5 Å². The highest BCUT2D eigenvalue weighted by molar-refractivity contribution is 5.81. The molecule has 0 aliphatic carbocycles. The van der Waals surface area contributed by atoms with E-state index in [0.717, 1.165) is 10.2 Å². The van der Waals surface area contributed by atoms with Crippen molar-refractivity contribution in [3.63, 3.8) is 0 Å². The summed E-state index contributed by atoms with van der Waals surface area (Å²) in [7, 11) is 0. The van der Waals surface area contributed by atoms with Crippen molar-refractivity contribution >= 4 is 17.1 Å². The average Bonchev–Trinajstić information content (AvgIpc) is 2.63. The topological polar surface area (TPSA) is 76.1 Å². The number of hydrogen-bond acceptors (Lipinski definition) is 3. The Bertz CT molecular complexity index is 655. The van der Waals surface area contributed by atoms with Crippen LogP contribution in [0.15, 0.2) is 23.0 Å². The van der Waals surface area contributed by atoms with Gasteiger partial charge in [0.2, 0.25) is 0 Å². The van der Waals surface area contributed by atoms with E-state index in [9.17, 15) is 9.59 Å². The van der Waals surface area contributed by atoms with E-state index in [1.54, 1.807) is 6.07 Å². The molecule has 102 valence electrons. The Morgan fingerprint density at radius 2 is 2.21 bits per heavy atom. The van der Waals surface area contributed by atoms with Gasteiger partial charge in [0.1, 0.15) is 0 Å². The molecule has 1 heterocycles.